The molecular formula is C20H25NO. The van der Waals surface area contributed by atoms with Crippen molar-refractivity contribution in [2.75, 3.05) is 0 Å². The van der Waals surface area contributed by atoms with Crippen LogP contribution in [-0.4, -0.2) is 4.57 Å². The number of para-hydroxylation sites is 1. The molecule has 0 aliphatic heterocycles. The number of benzene rings is 1. The van der Waals surface area contributed by atoms with Crippen molar-refractivity contribution in [3.05, 3.63) is 70.6 Å². The summed E-state index contributed by atoms with van der Waals surface area (Å²) in [5.41, 5.74) is 2.26. The average Bonchev–Trinajstić information content (AvgIpc) is 2.54. The minimum atomic E-state index is 0.129. The molecular weight excluding hydrogens is 270 g/mol. The van der Waals surface area contributed by atoms with E-state index in [0.717, 1.165) is 48.7 Å². The van der Waals surface area contributed by atoms with E-state index in [1.165, 1.54) is 0 Å². The van der Waals surface area contributed by atoms with Crippen LogP contribution in [0.5, 0.6) is 0 Å². The highest BCUT2D eigenvalue weighted by atomic mass is 16.1. The minimum absolute atomic E-state index is 0.129. The van der Waals surface area contributed by atoms with Crippen molar-refractivity contribution in [3.8, 4) is 0 Å². The lowest BCUT2D eigenvalue weighted by Crippen LogP contribution is -2.11. The van der Waals surface area contributed by atoms with Crippen LogP contribution in [0.15, 0.2) is 59.4 Å². The molecule has 1 aromatic heterocycles. The molecule has 2 rings (SSSR count). The first kappa shape index (κ1) is 16.3. The summed E-state index contributed by atoms with van der Waals surface area (Å²) >= 11 is 0. The Hall–Kier alpha value is -2.09. The summed E-state index contributed by atoms with van der Waals surface area (Å²) < 4.78 is 2.14. The van der Waals surface area contributed by atoms with Crippen molar-refractivity contribution in [3.63, 3.8) is 0 Å². The van der Waals surface area contributed by atoms with Gasteiger partial charge >= 0.3 is 0 Å². The van der Waals surface area contributed by atoms with Gasteiger partial charge in [0.1, 0.15) is 0 Å². The first-order valence-electron chi connectivity index (χ1n) is 8.11. The zero-order valence-electron chi connectivity index (χ0n) is 13.6. The Morgan fingerprint density at radius 1 is 1.09 bits per heavy atom. The van der Waals surface area contributed by atoms with Crippen LogP contribution in [0.2, 0.25) is 0 Å². The van der Waals surface area contributed by atoms with Crippen molar-refractivity contribution >= 4 is 10.9 Å². The summed E-state index contributed by atoms with van der Waals surface area (Å²) in [6, 6.07) is 9.60. The van der Waals surface area contributed by atoms with Gasteiger partial charge in [0, 0.05) is 24.2 Å². The molecule has 2 nitrogen and oxygen atoms in total. The third-order valence-corrected chi connectivity index (χ3v) is 3.90. The molecule has 0 N–H and O–H groups in total. The van der Waals surface area contributed by atoms with Crippen LogP contribution in [0.4, 0.5) is 0 Å². The molecule has 0 saturated carbocycles. The molecule has 1 heterocycles. The van der Waals surface area contributed by atoms with Gasteiger partial charge in [-0.1, -0.05) is 43.4 Å². The summed E-state index contributed by atoms with van der Waals surface area (Å²) in [5, 5.41) is 0.802. The van der Waals surface area contributed by atoms with Gasteiger partial charge < -0.3 is 4.57 Å². The van der Waals surface area contributed by atoms with E-state index < -0.39 is 0 Å². The number of rotatable bonds is 7. The molecule has 0 fully saturated rings. The molecule has 0 aliphatic rings. The Kier molecular flexibility index (Phi) is 6.20. The Morgan fingerprint density at radius 3 is 2.68 bits per heavy atom. The Labute approximate surface area is 132 Å². The van der Waals surface area contributed by atoms with Crippen LogP contribution in [0.1, 0.15) is 38.3 Å². The van der Waals surface area contributed by atoms with Crippen molar-refractivity contribution in [1.82, 2.24) is 4.57 Å². The van der Waals surface area contributed by atoms with E-state index in [-0.39, 0.29) is 5.43 Å². The SMILES string of the molecule is CCC=CCC=CCCCc1cc(=O)c2ccccc2n1C. The number of fused-ring (bicyclic) bond motifs is 1. The van der Waals surface area contributed by atoms with E-state index in [1.807, 2.05) is 31.3 Å². The van der Waals surface area contributed by atoms with Crippen LogP contribution in [0.3, 0.4) is 0 Å². The summed E-state index contributed by atoms with van der Waals surface area (Å²) in [6.45, 7) is 2.15. The minimum Gasteiger partial charge on any atom is -0.347 e. The van der Waals surface area contributed by atoms with Gasteiger partial charge in [0.25, 0.3) is 0 Å². The maximum atomic E-state index is 12.2. The fourth-order valence-corrected chi connectivity index (χ4v) is 2.65. The maximum absolute atomic E-state index is 12.2. The lowest BCUT2D eigenvalue weighted by Gasteiger charge is -2.11. The van der Waals surface area contributed by atoms with Crippen LogP contribution in [0, 0.1) is 0 Å². The van der Waals surface area contributed by atoms with Crippen LogP contribution in [-0.2, 0) is 13.5 Å². The molecule has 0 radical (unpaired) electrons. The summed E-state index contributed by atoms with van der Waals surface area (Å²) in [4.78, 5) is 12.2. The van der Waals surface area contributed by atoms with Crippen LogP contribution < -0.4 is 5.43 Å². The third kappa shape index (κ3) is 4.20. The summed E-state index contributed by atoms with van der Waals surface area (Å²) in [6.07, 6.45) is 14.0. The predicted molar refractivity (Wildman–Crippen MR) is 95.3 cm³/mol. The fourth-order valence-electron chi connectivity index (χ4n) is 2.65. The monoisotopic (exact) mass is 295 g/mol. The number of hydrogen-bond acceptors (Lipinski definition) is 1. The number of pyridine rings is 1. The normalized spacial score (nSPS) is 11.9. The molecule has 1 aromatic carbocycles. The number of nitrogens with zero attached hydrogens (tertiary/aromatic N) is 1. The quantitative estimate of drug-likeness (QED) is 0.532. The first-order chi connectivity index (χ1) is 10.7. The second-order valence-corrected chi connectivity index (χ2v) is 5.56. The van der Waals surface area contributed by atoms with Crippen LogP contribution >= 0.6 is 0 Å². The molecule has 2 aromatic rings. The Balaban J connectivity index is 1.96. The molecule has 0 bridgehead atoms. The van der Waals surface area contributed by atoms with Gasteiger partial charge in [-0.2, -0.15) is 0 Å². The highest BCUT2D eigenvalue weighted by molar-refractivity contribution is 5.79. The molecule has 0 saturated heterocycles. The van der Waals surface area contributed by atoms with Crippen molar-refractivity contribution in [1.29, 1.82) is 0 Å². The smallest absolute Gasteiger partial charge is 0.189 e. The van der Waals surface area contributed by atoms with E-state index in [4.69, 9.17) is 0 Å². The van der Waals surface area contributed by atoms with Crippen molar-refractivity contribution < 1.29 is 0 Å². The van der Waals surface area contributed by atoms with E-state index in [2.05, 4.69) is 35.8 Å². The first-order valence-corrected chi connectivity index (χ1v) is 8.11. The van der Waals surface area contributed by atoms with Gasteiger partial charge in [0.2, 0.25) is 0 Å². The molecule has 116 valence electrons. The van der Waals surface area contributed by atoms with E-state index >= 15 is 0 Å². The Morgan fingerprint density at radius 2 is 1.86 bits per heavy atom. The van der Waals surface area contributed by atoms with Gasteiger partial charge in [0.15, 0.2) is 5.43 Å². The van der Waals surface area contributed by atoms with E-state index in [1.54, 1.807) is 6.07 Å². The second-order valence-electron chi connectivity index (χ2n) is 5.56. The Bertz CT molecular complexity index is 722. The highest BCUT2D eigenvalue weighted by Crippen LogP contribution is 2.13. The number of aromatic nitrogens is 1. The molecule has 0 atom stereocenters. The maximum Gasteiger partial charge on any atom is 0.189 e. The van der Waals surface area contributed by atoms with Crippen molar-refractivity contribution in [2.24, 2.45) is 7.05 Å². The number of aryl methyl sites for hydroxylation is 2. The van der Waals surface area contributed by atoms with E-state index in [0.29, 0.717) is 0 Å². The molecule has 0 aliphatic carbocycles. The third-order valence-electron chi connectivity index (χ3n) is 3.90. The fraction of sp³-hybridized carbons (Fsp3) is 0.350. The molecule has 2 heteroatoms. The van der Waals surface area contributed by atoms with Gasteiger partial charge in [-0.15, -0.1) is 0 Å². The lowest BCUT2D eigenvalue weighted by molar-refractivity contribution is 0.758. The zero-order chi connectivity index (χ0) is 15.8. The average molecular weight is 295 g/mol. The number of allylic oxidation sites excluding steroid dienone is 4. The number of unbranched alkanes of at least 4 members (excludes halogenated alkanes) is 1. The van der Waals surface area contributed by atoms with Gasteiger partial charge in [-0.25, -0.2) is 0 Å². The zero-order valence-corrected chi connectivity index (χ0v) is 13.6. The molecule has 0 spiro atoms. The van der Waals surface area contributed by atoms with E-state index in [9.17, 15) is 4.79 Å². The molecule has 0 amide bonds. The van der Waals surface area contributed by atoms with Crippen molar-refractivity contribution in [2.45, 2.75) is 39.0 Å². The highest BCUT2D eigenvalue weighted by Gasteiger charge is 2.05. The summed E-state index contributed by atoms with van der Waals surface area (Å²) in [7, 11) is 2.04. The summed E-state index contributed by atoms with van der Waals surface area (Å²) in [5.74, 6) is 0. The van der Waals surface area contributed by atoms with Gasteiger partial charge in [0.05, 0.1) is 5.52 Å². The van der Waals surface area contributed by atoms with Crippen LogP contribution in [0.25, 0.3) is 10.9 Å². The topological polar surface area (TPSA) is 22.0 Å². The lowest BCUT2D eigenvalue weighted by atomic mass is 10.1. The second kappa shape index (κ2) is 8.38. The molecule has 22 heavy (non-hydrogen) atoms. The standard InChI is InChI=1S/C20H25NO/c1-3-4-5-6-7-8-9-10-13-17-16-20(22)18-14-11-12-15-19(18)21(17)2/h4-5,7-8,11-12,14-16H,3,6,9-10,13H2,1-2H3. The molecule has 0 unspecified atom stereocenters. The van der Waals surface area contributed by atoms with Gasteiger partial charge in [-0.3, -0.25) is 4.79 Å². The van der Waals surface area contributed by atoms with Gasteiger partial charge in [-0.05, 0) is 44.2 Å². The predicted octanol–water partition coefficient (Wildman–Crippen LogP) is 4.77. The largest absolute Gasteiger partial charge is 0.347 e. The number of hydrogen-bond donors (Lipinski definition) is 0.